The number of nitrogens with one attached hydrogen (secondary N) is 1. The summed E-state index contributed by atoms with van der Waals surface area (Å²) in [6.07, 6.45) is 6.36. The second-order valence-corrected chi connectivity index (χ2v) is 3.05. The monoisotopic (exact) mass is 152 g/mol. The standard InChI is InChI=1S/C7H8N2S/c1-5-2-3-6-7(4-5)9-10-8-6/h2-4,6,8H,1H3. The van der Waals surface area contributed by atoms with Crippen LogP contribution in [0.5, 0.6) is 0 Å². The van der Waals surface area contributed by atoms with Crippen molar-refractivity contribution in [3.05, 3.63) is 23.8 Å². The third-order valence-electron chi connectivity index (χ3n) is 1.58. The molecule has 10 heavy (non-hydrogen) atoms. The highest BCUT2D eigenvalue weighted by molar-refractivity contribution is 7.96. The van der Waals surface area contributed by atoms with Crippen LogP contribution in [-0.4, -0.2) is 11.8 Å². The van der Waals surface area contributed by atoms with Crippen LogP contribution in [0, 0.1) is 0 Å². The molecule has 0 spiro atoms. The molecule has 1 heterocycles. The molecule has 1 aliphatic carbocycles. The van der Waals surface area contributed by atoms with Gasteiger partial charge in [0.05, 0.1) is 23.9 Å². The van der Waals surface area contributed by atoms with E-state index in [9.17, 15) is 0 Å². The van der Waals surface area contributed by atoms with Gasteiger partial charge in [-0.1, -0.05) is 12.2 Å². The van der Waals surface area contributed by atoms with Gasteiger partial charge < -0.3 is 0 Å². The largest absolute Gasteiger partial charge is 0.231 e. The van der Waals surface area contributed by atoms with Crippen molar-refractivity contribution in [2.24, 2.45) is 4.40 Å². The summed E-state index contributed by atoms with van der Waals surface area (Å²) in [6.45, 7) is 2.08. The van der Waals surface area contributed by atoms with Crippen molar-refractivity contribution in [2.75, 3.05) is 0 Å². The predicted molar refractivity (Wildman–Crippen MR) is 44.8 cm³/mol. The van der Waals surface area contributed by atoms with E-state index in [1.807, 2.05) is 0 Å². The van der Waals surface area contributed by atoms with Crippen LogP contribution in [0.2, 0.25) is 0 Å². The fourth-order valence-corrected chi connectivity index (χ4v) is 1.67. The third kappa shape index (κ3) is 0.914. The molecule has 0 aromatic heterocycles. The molecule has 0 saturated carbocycles. The van der Waals surface area contributed by atoms with Crippen LogP contribution in [-0.2, 0) is 0 Å². The van der Waals surface area contributed by atoms with E-state index < -0.39 is 0 Å². The van der Waals surface area contributed by atoms with E-state index in [1.54, 1.807) is 0 Å². The predicted octanol–water partition coefficient (Wildman–Crippen LogP) is 1.48. The van der Waals surface area contributed by atoms with E-state index in [2.05, 4.69) is 34.3 Å². The highest BCUT2D eigenvalue weighted by atomic mass is 32.2. The number of rotatable bonds is 0. The van der Waals surface area contributed by atoms with Crippen molar-refractivity contribution in [1.82, 2.24) is 4.72 Å². The van der Waals surface area contributed by atoms with Crippen molar-refractivity contribution in [1.29, 1.82) is 0 Å². The molecular weight excluding hydrogens is 144 g/mol. The minimum Gasteiger partial charge on any atom is -0.231 e. The van der Waals surface area contributed by atoms with Gasteiger partial charge in [-0.15, -0.1) is 0 Å². The van der Waals surface area contributed by atoms with Gasteiger partial charge in [-0.3, -0.25) is 0 Å². The summed E-state index contributed by atoms with van der Waals surface area (Å²) >= 11 is 1.42. The molecule has 1 aliphatic heterocycles. The van der Waals surface area contributed by atoms with Crippen molar-refractivity contribution in [2.45, 2.75) is 13.0 Å². The molecular formula is C7H8N2S. The quantitative estimate of drug-likeness (QED) is 0.532. The molecule has 0 bridgehead atoms. The first kappa shape index (κ1) is 6.19. The Morgan fingerprint density at radius 3 is 3.50 bits per heavy atom. The fourth-order valence-electron chi connectivity index (χ4n) is 1.04. The average molecular weight is 152 g/mol. The van der Waals surface area contributed by atoms with Crippen molar-refractivity contribution >= 4 is 17.8 Å². The summed E-state index contributed by atoms with van der Waals surface area (Å²) in [5, 5.41) is 0. The molecule has 52 valence electrons. The van der Waals surface area contributed by atoms with Gasteiger partial charge in [0.15, 0.2) is 0 Å². The van der Waals surface area contributed by atoms with Gasteiger partial charge in [0.25, 0.3) is 0 Å². The van der Waals surface area contributed by atoms with Crippen LogP contribution in [0.15, 0.2) is 28.2 Å². The molecule has 2 rings (SSSR count). The normalized spacial score (nSPS) is 29.5. The lowest BCUT2D eigenvalue weighted by Gasteiger charge is -2.08. The topological polar surface area (TPSA) is 24.4 Å². The maximum Gasteiger partial charge on any atom is 0.0801 e. The number of hydrogen-bond donors (Lipinski definition) is 1. The lowest BCUT2D eigenvalue weighted by Crippen LogP contribution is -2.25. The van der Waals surface area contributed by atoms with Crippen LogP contribution in [0.3, 0.4) is 0 Å². The molecule has 0 fully saturated rings. The Kier molecular flexibility index (Phi) is 1.39. The maximum atomic E-state index is 4.20. The summed E-state index contributed by atoms with van der Waals surface area (Å²) in [5.41, 5.74) is 2.42. The van der Waals surface area contributed by atoms with E-state index in [4.69, 9.17) is 0 Å². The second-order valence-electron chi connectivity index (χ2n) is 2.45. The molecule has 2 nitrogen and oxygen atoms in total. The molecule has 0 aromatic carbocycles. The van der Waals surface area contributed by atoms with Crippen molar-refractivity contribution in [3.8, 4) is 0 Å². The fraction of sp³-hybridized carbons (Fsp3) is 0.286. The highest BCUT2D eigenvalue weighted by Crippen LogP contribution is 2.18. The summed E-state index contributed by atoms with van der Waals surface area (Å²) in [7, 11) is 0. The number of fused-ring (bicyclic) bond motifs is 1. The minimum absolute atomic E-state index is 0.355. The van der Waals surface area contributed by atoms with E-state index in [-0.39, 0.29) is 0 Å². The zero-order valence-corrected chi connectivity index (χ0v) is 6.48. The molecule has 2 aliphatic rings. The van der Waals surface area contributed by atoms with E-state index in [0.29, 0.717) is 6.04 Å². The molecule has 0 aromatic rings. The maximum absolute atomic E-state index is 4.20. The molecule has 0 saturated heterocycles. The average Bonchev–Trinajstić information content (AvgIpc) is 2.33. The van der Waals surface area contributed by atoms with Crippen LogP contribution >= 0.6 is 12.1 Å². The molecule has 1 N–H and O–H groups in total. The Morgan fingerprint density at radius 2 is 2.60 bits per heavy atom. The Hall–Kier alpha value is -0.540. The molecule has 0 radical (unpaired) electrons. The Balaban J connectivity index is 2.34. The summed E-state index contributed by atoms with van der Waals surface area (Å²) in [4.78, 5) is 0. The van der Waals surface area contributed by atoms with Gasteiger partial charge in [-0.05, 0) is 18.6 Å². The van der Waals surface area contributed by atoms with E-state index in [0.717, 1.165) is 5.71 Å². The number of hydrogen-bond acceptors (Lipinski definition) is 3. The zero-order chi connectivity index (χ0) is 6.97. The third-order valence-corrected chi connectivity index (χ3v) is 2.24. The lowest BCUT2D eigenvalue weighted by atomic mass is 10.0. The summed E-state index contributed by atoms with van der Waals surface area (Å²) in [5.74, 6) is 0. The first-order valence-electron chi connectivity index (χ1n) is 3.22. The first-order chi connectivity index (χ1) is 4.86. The van der Waals surface area contributed by atoms with Crippen LogP contribution in [0.1, 0.15) is 6.92 Å². The minimum atomic E-state index is 0.355. The first-order valence-corrected chi connectivity index (χ1v) is 3.99. The molecule has 0 amide bonds. The SMILES string of the molecule is CC1=CC2=NSNC2C=C1. The van der Waals surface area contributed by atoms with Gasteiger partial charge >= 0.3 is 0 Å². The highest BCUT2D eigenvalue weighted by Gasteiger charge is 2.18. The van der Waals surface area contributed by atoms with Crippen LogP contribution < -0.4 is 4.72 Å². The smallest absolute Gasteiger partial charge is 0.0801 e. The van der Waals surface area contributed by atoms with Crippen LogP contribution in [0.4, 0.5) is 0 Å². The van der Waals surface area contributed by atoms with E-state index >= 15 is 0 Å². The van der Waals surface area contributed by atoms with Crippen LogP contribution in [0.25, 0.3) is 0 Å². The van der Waals surface area contributed by atoms with Crippen molar-refractivity contribution < 1.29 is 0 Å². The van der Waals surface area contributed by atoms with Gasteiger partial charge in [-0.25, -0.2) is 9.12 Å². The zero-order valence-electron chi connectivity index (χ0n) is 5.66. The summed E-state index contributed by atoms with van der Waals surface area (Å²) < 4.78 is 7.36. The molecule has 1 atom stereocenters. The van der Waals surface area contributed by atoms with E-state index in [1.165, 1.54) is 17.7 Å². The van der Waals surface area contributed by atoms with Gasteiger partial charge in [0.1, 0.15) is 0 Å². The van der Waals surface area contributed by atoms with Gasteiger partial charge in [-0.2, -0.15) is 0 Å². The number of nitrogens with zero attached hydrogens (tertiary/aromatic N) is 1. The molecule has 3 heteroatoms. The Bertz CT molecular complexity index is 240. The van der Waals surface area contributed by atoms with Gasteiger partial charge in [0.2, 0.25) is 0 Å². The molecule has 1 unspecified atom stereocenters. The Morgan fingerprint density at radius 1 is 1.70 bits per heavy atom. The lowest BCUT2D eigenvalue weighted by molar-refractivity contribution is 1.00. The summed E-state index contributed by atoms with van der Waals surface area (Å²) in [6, 6.07) is 0.355. The second kappa shape index (κ2) is 2.25. The van der Waals surface area contributed by atoms with Crippen molar-refractivity contribution in [3.63, 3.8) is 0 Å². The van der Waals surface area contributed by atoms with Gasteiger partial charge in [0, 0.05) is 0 Å². The number of allylic oxidation sites excluding steroid dienone is 2. The Labute approximate surface area is 64.4 Å².